The predicted octanol–water partition coefficient (Wildman–Crippen LogP) is 1.31. The number of rotatable bonds is 5. The van der Waals surface area contributed by atoms with Gasteiger partial charge in [-0.25, -0.2) is 0 Å². The molecule has 0 saturated heterocycles. The van der Waals surface area contributed by atoms with Gasteiger partial charge in [-0.2, -0.15) is 0 Å². The second-order valence-corrected chi connectivity index (χ2v) is 12.2. The first-order valence-electron chi connectivity index (χ1n) is 3.85. The number of hydrogen-bond acceptors (Lipinski definition) is 3. The Hall–Kier alpha value is 0.527. The summed E-state index contributed by atoms with van der Waals surface area (Å²) in [6.07, 6.45) is 0. The molecular weight excluding hydrogens is 191 g/mol. The first-order chi connectivity index (χ1) is 5.39. The van der Waals surface area contributed by atoms with Crippen molar-refractivity contribution in [3.63, 3.8) is 0 Å². The second kappa shape index (κ2) is 4.68. The van der Waals surface area contributed by atoms with E-state index in [1.54, 1.807) is 21.3 Å². The highest BCUT2D eigenvalue weighted by Gasteiger charge is 2.46. The Morgan fingerprint density at radius 3 is 1.33 bits per heavy atom. The average Bonchev–Trinajstić information content (AvgIpc) is 1.99. The molecule has 0 aromatic rings. The van der Waals surface area contributed by atoms with Gasteiger partial charge in [0.05, 0.1) is 0 Å². The molecule has 0 aromatic heterocycles. The standard InChI is InChI=1S/C7H20O3PSi/c1-8-12(9-2,10-3)7-11(4,5)6/h7H2,1-6H3/q+1. The minimum atomic E-state index is -2.30. The molecule has 0 N–H and O–H groups in total. The zero-order valence-electron chi connectivity index (χ0n) is 8.88. The highest BCUT2D eigenvalue weighted by Crippen LogP contribution is 2.48. The van der Waals surface area contributed by atoms with Crippen molar-refractivity contribution in [1.29, 1.82) is 0 Å². The largest absolute Gasteiger partial charge is 0.539 e. The maximum atomic E-state index is 5.33. The Labute approximate surface area is 77.1 Å². The van der Waals surface area contributed by atoms with Gasteiger partial charge in [0.15, 0.2) is 0 Å². The van der Waals surface area contributed by atoms with Crippen molar-refractivity contribution >= 4 is 16.1 Å². The smallest absolute Gasteiger partial charge is 0.375 e. The maximum absolute atomic E-state index is 5.33. The van der Waals surface area contributed by atoms with Crippen LogP contribution in [0.2, 0.25) is 0 Å². The van der Waals surface area contributed by atoms with Gasteiger partial charge in [-0.05, 0) is 0 Å². The third-order valence-electron chi connectivity index (χ3n) is 1.60. The van der Waals surface area contributed by atoms with Crippen LogP contribution in [0, 0.1) is 0 Å². The molecule has 3 nitrogen and oxygen atoms in total. The quantitative estimate of drug-likeness (QED) is 0.507. The Bertz CT molecular complexity index is 123. The lowest BCUT2D eigenvalue weighted by Crippen LogP contribution is -2.47. The molecule has 0 rings (SSSR count). The Morgan fingerprint density at radius 2 is 1.25 bits per heavy atom. The molecular formula is C7H20O3PSi+. The summed E-state index contributed by atoms with van der Waals surface area (Å²) in [4.78, 5) is 0. The van der Waals surface area contributed by atoms with Gasteiger partial charge >= 0.3 is 8.80 Å². The van der Waals surface area contributed by atoms with Crippen molar-refractivity contribution in [2.75, 3.05) is 47.1 Å². The lowest BCUT2D eigenvalue weighted by molar-refractivity contribution is 0.130. The molecule has 0 aromatic carbocycles. The van der Waals surface area contributed by atoms with Crippen molar-refractivity contribution in [3.8, 4) is 0 Å². The van der Waals surface area contributed by atoms with Crippen LogP contribution in [-0.2, 0) is 13.3 Å². The molecule has 0 heterocycles. The minimum Gasteiger partial charge on any atom is -0.375 e. The van der Waals surface area contributed by atoms with Crippen LogP contribution in [0.4, 0.5) is 0 Å². The van der Waals surface area contributed by atoms with Gasteiger partial charge in [0.25, 0.3) is 0 Å². The topological polar surface area (TPSA) is 27.7 Å². The van der Waals surface area contributed by atoms with Gasteiger partial charge in [-0.3, -0.25) is 0 Å². The van der Waals surface area contributed by atoms with E-state index < -0.39 is 16.1 Å². The summed E-state index contributed by atoms with van der Waals surface area (Å²) in [5, 5.41) is 0. The van der Waals surface area contributed by atoms with E-state index in [1.165, 1.54) is 0 Å². The fourth-order valence-corrected chi connectivity index (χ4v) is 7.72. The first kappa shape index (κ1) is 12.5. The summed E-state index contributed by atoms with van der Waals surface area (Å²) < 4.78 is 16.0. The molecule has 0 unspecified atom stereocenters. The molecule has 0 atom stereocenters. The summed E-state index contributed by atoms with van der Waals surface area (Å²) in [6, 6.07) is 0. The zero-order chi connectivity index (χ0) is 9.83. The average molecular weight is 211 g/mol. The van der Waals surface area contributed by atoms with E-state index in [1.807, 2.05) is 0 Å². The summed E-state index contributed by atoms with van der Waals surface area (Å²) >= 11 is 0. The van der Waals surface area contributed by atoms with Crippen molar-refractivity contribution < 1.29 is 13.3 Å². The Morgan fingerprint density at radius 1 is 0.917 bits per heavy atom. The highest BCUT2D eigenvalue weighted by atomic mass is 31.2. The molecule has 0 aliphatic carbocycles. The van der Waals surface area contributed by atoms with Crippen LogP contribution in [0.3, 0.4) is 0 Å². The monoisotopic (exact) mass is 211 g/mol. The molecule has 0 aliphatic rings. The van der Waals surface area contributed by atoms with Crippen LogP contribution in [-0.4, -0.2) is 55.9 Å². The highest BCUT2D eigenvalue weighted by molar-refractivity contribution is 7.75. The molecule has 0 spiro atoms. The molecule has 0 fully saturated rings. The van der Waals surface area contributed by atoms with Crippen LogP contribution >= 0.6 is 7.26 Å². The van der Waals surface area contributed by atoms with Gasteiger partial charge in [-0.15, -0.1) is 0 Å². The molecule has 0 aliphatic heterocycles. The van der Waals surface area contributed by atoms with Crippen molar-refractivity contribution in [2.24, 2.45) is 0 Å². The van der Waals surface area contributed by atoms with Crippen LogP contribution in [0.1, 0.15) is 0 Å². The van der Waals surface area contributed by atoms with E-state index in [-0.39, 0.29) is 0 Å². The van der Waals surface area contributed by atoms with E-state index in [0.717, 1.165) is 5.79 Å². The van der Waals surface area contributed by atoms with Gasteiger partial charge in [0.1, 0.15) is 5.79 Å². The molecule has 0 saturated carbocycles. The normalized spacial score (nSPS) is 13.5. The summed E-state index contributed by atoms with van der Waals surface area (Å²) in [7, 11) is 1.78. The van der Waals surface area contributed by atoms with Crippen LogP contribution in [0.15, 0.2) is 0 Å². The molecule has 0 bridgehead atoms. The number of hydrogen-bond donors (Lipinski definition) is 0. The van der Waals surface area contributed by atoms with Gasteiger partial charge in [-0.1, -0.05) is 0 Å². The first-order valence-corrected chi connectivity index (χ1v) is 9.10. The van der Waals surface area contributed by atoms with E-state index in [0.29, 0.717) is 0 Å². The van der Waals surface area contributed by atoms with Crippen molar-refractivity contribution in [1.82, 2.24) is 0 Å². The molecule has 74 valence electrons. The third-order valence-corrected chi connectivity index (χ3v) is 8.81. The third kappa shape index (κ3) is 3.96. The van der Waals surface area contributed by atoms with Gasteiger partial charge in [0, 0.05) is 48.6 Å². The maximum Gasteiger partial charge on any atom is 0.539 e. The van der Waals surface area contributed by atoms with E-state index >= 15 is 0 Å². The van der Waals surface area contributed by atoms with Crippen LogP contribution in [0.25, 0.3) is 0 Å². The predicted molar refractivity (Wildman–Crippen MR) is 56.3 cm³/mol. The summed E-state index contributed by atoms with van der Waals surface area (Å²) in [5.74, 6) is 0.948. The fourth-order valence-electron chi connectivity index (χ4n) is 1.02. The zero-order valence-corrected chi connectivity index (χ0v) is 10.8. The summed E-state index contributed by atoms with van der Waals surface area (Å²) in [5.41, 5.74) is 0. The molecule has 12 heavy (non-hydrogen) atoms. The van der Waals surface area contributed by atoms with Crippen molar-refractivity contribution in [3.05, 3.63) is 0 Å². The van der Waals surface area contributed by atoms with Crippen molar-refractivity contribution in [2.45, 2.75) is 0 Å². The Balaban J connectivity index is 4.30. The van der Waals surface area contributed by atoms with Gasteiger partial charge < -0.3 is 13.3 Å². The van der Waals surface area contributed by atoms with Crippen LogP contribution < -0.4 is 0 Å². The minimum absolute atomic E-state index is 0.900. The molecule has 5 heteroatoms. The molecule has 0 radical (unpaired) electrons. The van der Waals surface area contributed by atoms with E-state index in [4.69, 9.17) is 13.3 Å². The Kier molecular flexibility index (Phi) is 4.88. The van der Waals surface area contributed by atoms with Crippen LogP contribution in [0.5, 0.6) is 0 Å². The lowest BCUT2D eigenvalue weighted by atomic mass is 11.8. The van der Waals surface area contributed by atoms with E-state index in [2.05, 4.69) is 20.0 Å². The summed E-state index contributed by atoms with van der Waals surface area (Å²) in [6.45, 7) is 6.77. The SMILES string of the molecule is CO[Si](C[P+](C)(C)C)(OC)OC. The second-order valence-electron chi connectivity index (χ2n) is 3.74. The molecule has 0 amide bonds. The van der Waals surface area contributed by atoms with Gasteiger partial charge in [0.2, 0.25) is 0 Å². The fraction of sp³-hybridized carbons (Fsp3) is 1.00. The lowest BCUT2D eigenvalue weighted by Gasteiger charge is -2.26. The van der Waals surface area contributed by atoms with E-state index in [9.17, 15) is 0 Å².